The van der Waals surface area contributed by atoms with Crippen LogP contribution in [0.4, 0.5) is 4.39 Å². The number of hydrogen-bond acceptors (Lipinski definition) is 6. The molecule has 0 amide bonds. The molecule has 8 heteroatoms. The molecule has 0 aromatic carbocycles. The summed E-state index contributed by atoms with van der Waals surface area (Å²) in [6.07, 6.45) is 2.81. The van der Waals surface area contributed by atoms with E-state index in [0.717, 1.165) is 18.0 Å². The Hall–Kier alpha value is -1.38. The van der Waals surface area contributed by atoms with Crippen molar-refractivity contribution in [3.63, 3.8) is 0 Å². The van der Waals surface area contributed by atoms with Crippen molar-refractivity contribution in [1.29, 1.82) is 0 Å². The van der Waals surface area contributed by atoms with Crippen molar-refractivity contribution < 1.29 is 23.2 Å². The molecule has 1 aliphatic heterocycles. The van der Waals surface area contributed by atoms with Gasteiger partial charge in [-0.25, -0.2) is 9.37 Å². The summed E-state index contributed by atoms with van der Waals surface area (Å²) < 4.78 is 30.9. The molecule has 0 radical (unpaired) electrons. The Morgan fingerprint density at radius 2 is 1.96 bits per heavy atom. The van der Waals surface area contributed by atoms with Gasteiger partial charge in [0.25, 0.3) is 0 Å². The fourth-order valence-corrected chi connectivity index (χ4v) is 2.86. The van der Waals surface area contributed by atoms with Gasteiger partial charge in [-0.1, -0.05) is 17.8 Å². The standard InChI is InChI=1S/C17H23BFNO4S/c1-11(21)25-10-13(18-23-16(2,3)17(4,5)24-18)7-12-8-14(19)9-20-15(12)22-6/h7-9H,10H2,1-6H3. The van der Waals surface area contributed by atoms with E-state index in [-0.39, 0.29) is 5.12 Å². The molecular formula is C17H23BFNO4S. The van der Waals surface area contributed by atoms with Crippen LogP contribution in [-0.4, -0.2) is 41.3 Å². The number of pyridine rings is 1. The van der Waals surface area contributed by atoms with Crippen LogP contribution in [0.3, 0.4) is 0 Å². The second-order valence-electron chi connectivity index (χ2n) is 6.84. The first-order valence-electron chi connectivity index (χ1n) is 7.95. The average molecular weight is 367 g/mol. The van der Waals surface area contributed by atoms with Crippen LogP contribution < -0.4 is 4.74 Å². The van der Waals surface area contributed by atoms with E-state index in [1.165, 1.54) is 20.1 Å². The Labute approximate surface area is 152 Å². The first kappa shape index (κ1) is 19.9. The second kappa shape index (κ2) is 7.47. The summed E-state index contributed by atoms with van der Waals surface area (Å²) in [7, 11) is 0.834. The molecule has 1 saturated heterocycles. The van der Waals surface area contributed by atoms with E-state index in [0.29, 0.717) is 22.7 Å². The number of aromatic nitrogens is 1. The summed E-state index contributed by atoms with van der Waals surface area (Å²) in [6, 6.07) is 1.33. The van der Waals surface area contributed by atoms with Crippen molar-refractivity contribution in [2.45, 2.75) is 45.8 Å². The third-order valence-electron chi connectivity index (χ3n) is 4.38. The van der Waals surface area contributed by atoms with E-state index in [2.05, 4.69) is 4.98 Å². The summed E-state index contributed by atoms with van der Waals surface area (Å²) in [6.45, 7) is 9.30. The van der Waals surface area contributed by atoms with Crippen LogP contribution in [0.1, 0.15) is 40.2 Å². The number of carbonyl (C=O) groups is 1. The van der Waals surface area contributed by atoms with Gasteiger partial charge >= 0.3 is 7.12 Å². The third-order valence-corrected chi connectivity index (χ3v) is 5.26. The fourth-order valence-electron chi connectivity index (χ4n) is 2.27. The molecule has 0 atom stereocenters. The highest BCUT2D eigenvalue weighted by molar-refractivity contribution is 8.13. The van der Waals surface area contributed by atoms with E-state index < -0.39 is 24.1 Å². The molecular weight excluding hydrogens is 344 g/mol. The zero-order chi connectivity index (χ0) is 18.8. The molecule has 1 aliphatic rings. The number of rotatable bonds is 5. The first-order chi connectivity index (χ1) is 11.6. The van der Waals surface area contributed by atoms with E-state index >= 15 is 0 Å². The van der Waals surface area contributed by atoms with Gasteiger partial charge in [0.15, 0.2) is 5.12 Å². The van der Waals surface area contributed by atoms with E-state index in [1.807, 2.05) is 27.7 Å². The molecule has 2 heterocycles. The molecule has 0 N–H and O–H groups in total. The van der Waals surface area contributed by atoms with E-state index in [4.69, 9.17) is 14.0 Å². The van der Waals surface area contributed by atoms with Crippen molar-refractivity contribution in [1.82, 2.24) is 4.98 Å². The zero-order valence-electron chi connectivity index (χ0n) is 15.4. The molecule has 1 fully saturated rings. The predicted octanol–water partition coefficient (Wildman–Crippen LogP) is 3.52. The van der Waals surface area contributed by atoms with Crippen molar-refractivity contribution in [2.24, 2.45) is 0 Å². The molecule has 0 bridgehead atoms. The van der Waals surface area contributed by atoms with Gasteiger partial charge in [0, 0.05) is 18.2 Å². The van der Waals surface area contributed by atoms with Crippen LogP contribution in [0.25, 0.3) is 6.08 Å². The molecule has 0 aliphatic carbocycles. The van der Waals surface area contributed by atoms with Crippen LogP contribution in [0.2, 0.25) is 0 Å². The summed E-state index contributed by atoms with van der Waals surface area (Å²) >= 11 is 1.14. The van der Waals surface area contributed by atoms with Gasteiger partial charge in [0.1, 0.15) is 5.82 Å². The van der Waals surface area contributed by atoms with Crippen molar-refractivity contribution in [2.75, 3.05) is 12.9 Å². The van der Waals surface area contributed by atoms with Gasteiger partial charge in [-0.15, -0.1) is 0 Å². The predicted molar refractivity (Wildman–Crippen MR) is 97.9 cm³/mol. The van der Waals surface area contributed by atoms with Crippen molar-refractivity contribution >= 4 is 30.1 Å². The van der Waals surface area contributed by atoms with Gasteiger partial charge in [-0.05, 0) is 39.2 Å². The average Bonchev–Trinajstić information content (AvgIpc) is 2.71. The smallest absolute Gasteiger partial charge is 0.481 e. The highest BCUT2D eigenvalue weighted by atomic mass is 32.2. The molecule has 1 aromatic heterocycles. The normalized spacial score (nSPS) is 19.2. The number of carbonyl (C=O) groups excluding carboxylic acids is 1. The largest absolute Gasteiger partial charge is 0.491 e. The zero-order valence-corrected chi connectivity index (χ0v) is 16.2. The quantitative estimate of drug-likeness (QED) is 0.743. The van der Waals surface area contributed by atoms with Crippen molar-refractivity contribution in [3.8, 4) is 5.88 Å². The van der Waals surface area contributed by atoms with Gasteiger partial charge in [-0.3, -0.25) is 4.79 Å². The molecule has 1 aromatic rings. The SMILES string of the molecule is COc1ncc(F)cc1C=C(CSC(C)=O)B1OC(C)(C)C(C)(C)O1. The Bertz CT molecular complexity index is 677. The maximum atomic E-state index is 13.6. The lowest BCUT2D eigenvalue weighted by Gasteiger charge is -2.32. The summed E-state index contributed by atoms with van der Waals surface area (Å²) in [5.41, 5.74) is 0.157. The number of methoxy groups -OCH3 is 1. The number of hydrogen-bond donors (Lipinski definition) is 0. The lowest BCUT2D eigenvalue weighted by Crippen LogP contribution is -2.41. The van der Waals surface area contributed by atoms with E-state index in [9.17, 15) is 9.18 Å². The molecule has 0 unspecified atom stereocenters. The summed E-state index contributed by atoms with van der Waals surface area (Å²) in [4.78, 5) is 15.3. The van der Waals surface area contributed by atoms with Crippen LogP contribution in [0.15, 0.2) is 17.7 Å². The number of thioether (sulfide) groups is 1. The second-order valence-corrected chi connectivity index (χ2v) is 7.99. The van der Waals surface area contributed by atoms with Gasteiger partial charge in [-0.2, -0.15) is 0 Å². The lowest BCUT2D eigenvalue weighted by atomic mass is 9.78. The molecule has 25 heavy (non-hydrogen) atoms. The number of nitrogens with zero attached hydrogens (tertiary/aromatic N) is 1. The fraction of sp³-hybridized carbons (Fsp3) is 0.529. The Kier molecular flexibility index (Phi) is 5.96. The maximum Gasteiger partial charge on any atom is 0.491 e. The molecule has 0 spiro atoms. The monoisotopic (exact) mass is 367 g/mol. The van der Waals surface area contributed by atoms with Gasteiger partial charge < -0.3 is 14.0 Å². The lowest BCUT2D eigenvalue weighted by molar-refractivity contribution is -0.109. The minimum Gasteiger partial charge on any atom is -0.481 e. The Morgan fingerprint density at radius 1 is 1.36 bits per heavy atom. The highest BCUT2D eigenvalue weighted by Gasteiger charge is 2.52. The van der Waals surface area contributed by atoms with Crippen LogP contribution in [0, 0.1) is 5.82 Å². The molecule has 5 nitrogen and oxygen atoms in total. The molecule has 0 saturated carbocycles. The number of ether oxygens (including phenoxy) is 1. The Balaban J connectivity index is 2.40. The summed E-state index contributed by atoms with van der Waals surface area (Å²) in [5.74, 6) is 0.189. The van der Waals surface area contributed by atoms with Crippen LogP contribution in [0.5, 0.6) is 5.88 Å². The van der Waals surface area contributed by atoms with Gasteiger partial charge in [0.05, 0.1) is 24.5 Å². The topological polar surface area (TPSA) is 57.7 Å². The maximum absolute atomic E-state index is 13.6. The van der Waals surface area contributed by atoms with E-state index in [1.54, 1.807) is 6.08 Å². The Morgan fingerprint density at radius 3 is 2.48 bits per heavy atom. The molecule has 2 rings (SSSR count). The first-order valence-corrected chi connectivity index (χ1v) is 8.93. The van der Waals surface area contributed by atoms with Crippen molar-refractivity contribution in [3.05, 3.63) is 29.1 Å². The van der Waals surface area contributed by atoms with Crippen LogP contribution >= 0.6 is 11.8 Å². The van der Waals surface area contributed by atoms with Crippen LogP contribution in [-0.2, 0) is 14.1 Å². The molecule has 136 valence electrons. The van der Waals surface area contributed by atoms with Gasteiger partial charge in [0.2, 0.25) is 5.88 Å². The third kappa shape index (κ3) is 4.62. The summed E-state index contributed by atoms with van der Waals surface area (Å²) in [5, 5.41) is -0.0215. The highest BCUT2D eigenvalue weighted by Crippen LogP contribution is 2.39. The minimum absolute atomic E-state index is 0.0215. The number of halogens is 1. The minimum atomic E-state index is -0.634.